The first-order valence-electron chi connectivity index (χ1n) is 6.84. The molecule has 112 valence electrons. The number of ether oxygens (including phenoxy) is 2. The number of halogens is 1. The molecule has 0 saturated carbocycles. The Bertz CT molecular complexity index is 579. The van der Waals surface area contributed by atoms with Crippen LogP contribution in [0.25, 0.3) is 0 Å². The smallest absolute Gasteiger partial charge is 0.168 e. The molecule has 2 rings (SSSR count). The third-order valence-corrected chi connectivity index (χ3v) is 3.19. The number of para-hydroxylation sites is 1. The van der Waals surface area contributed by atoms with Crippen LogP contribution in [0, 0.1) is 5.82 Å². The van der Waals surface area contributed by atoms with Crippen molar-refractivity contribution in [2.75, 3.05) is 13.7 Å². The van der Waals surface area contributed by atoms with Gasteiger partial charge in [-0.05, 0) is 37.1 Å². The maximum atomic E-state index is 13.9. The molecule has 0 aliphatic heterocycles. The highest BCUT2D eigenvalue weighted by Gasteiger charge is 2.14. The average molecular weight is 290 g/mol. The zero-order valence-corrected chi connectivity index (χ0v) is 12.2. The minimum absolute atomic E-state index is 0.0668. The Balaban J connectivity index is 2.18. The van der Waals surface area contributed by atoms with Gasteiger partial charge >= 0.3 is 0 Å². The second kappa shape index (κ2) is 7.20. The molecule has 0 unspecified atom stereocenters. The molecule has 0 saturated heterocycles. The number of aliphatic hydroxyl groups is 1. The molecule has 0 heterocycles. The van der Waals surface area contributed by atoms with E-state index in [1.807, 2.05) is 12.1 Å². The summed E-state index contributed by atoms with van der Waals surface area (Å²) in [6.45, 7) is 2.23. The van der Waals surface area contributed by atoms with Crippen molar-refractivity contribution in [3.8, 4) is 11.5 Å². The van der Waals surface area contributed by atoms with Gasteiger partial charge in [-0.2, -0.15) is 0 Å². The number of methoxy groups -OCH3 is 1. The zero-order chi connectivity index (χ0) is 15.2. The molecule has 3 nitrogen and oxygen atoms in total. The van der Waals surface area contributed by atoms with Crippen LogP contribution in [0.1, 0.15) is 24.2 Å². The second-order valence-corrected chi connectivity index (χ2v) is 4.82. The van der Waals surface area contributed by atoms with E-state index < -0.39 is 11.9 Å². The van der Waals surface area contributed by atoms with Gasteiger partial charge in [0.05, 0.1) is 12.7 Å². The lowest BCUT2D eigenvalue weighted by Crippen LogP contribution is -1.99. The zero-order valence-electron chi connectivity index (χ0n) is 12.2. The third-order valence-electron chi connectivity index (χ3n) is 3.19. The van der Waals surface area contributed by atoms with Crippen molar-refractivity contribution in [3.05, 3.63) is 59.4 Å². The molecule has 0 aliphatic carbocycles. The van der Waals surface area contributed by atoms with E-state index in [0.717, 1.165) is 12.0 Å². The molecule has 1 atom stereocenters. The minimum atomic E-state index is -0.795. The molecular weight excluding hydrogens is 271 g/mol. The van der Waals surface area contributed by atoms with E-state index in [1.54, 1.807) is 38.3 Å². The fourth-order valence-electron chi connectivity index (χ4n) is 2.02. The standard InChI is InChI=1S/C17H19FO3/c1-12(19)15-4-3-5-16(18)17(15)21-14-8-6-13(7-9-14)10-11-20-2/h3-9,12,19H,10-11H2,1-2H3/t12-/m1/s1. The number of benzene rings is 2. The molecule has 0 fully saturated rings. The molecule has 0 bridgehead atoms. The SMILES string of the molecule is COCCc1ccc(Oc2c(F)cccc2[C@@H](C)O)cc1. The van der Waals surface area contributed by atoms with Crippen LogP contribution in [0.4, 0.5) is 4.39 Å². The lowest BCUT2D eigenvalue weighted by Gasteiger charge is -2.14. The van der Waals surface area contributed by atoms with Gasteiger partial charge in [-0.15, -0.1) is 0 Å². The van der Waals surface area contributed by atoms with Gasteiger partial charge in [0.2, 0.25) is 0 Å². The van der Waals surface area contributed by atoms with E-state index in [-0.39, 0.29) is 5.75 Å². The van der Waals surface area contributed by atoms with Crippen LogP contribution >= 0.6 is 0 Å². The number of aliphatic hydroxyl groups excluding tert-OH is 1. The summed E-state index contributed by atoms with van der Waals surface area (Å²) in [5.41, 5.74) is 1.55. The summed E-state index contributed by atoms with van der Waals surface area (Å²) in [5, 5.41) is 9.69. The van der Waals surface area contributed by atoms with Crippen molar-refractivity contribution in [1.29, 1.82) is 0 Å². The summed E-state index contributed by atoms with van der Waals surface area (Å²) in [6, 6.07) is 11.9. The highest BCUT2D eigenvalue weighted by atomic mass is 19.1. The van der Waals surface area contributed by atoms with E-state index in [2.05, 4.69) is 0 Å². The Kier molecular flexibility index (Phi) is 5.31. The monoisotopic (exact) mass is 290 g/mol. The fourth-order valence-corrected chi connectivity index (χ4v) is 2.02. The first-order valence-corrected chi connectivity index (χ1v) is 6.84. The molecule has 0 amide bonds. The van der Waals surface area contributed by atoms with Gasteiger partial charge in [0.15, 0.2) is 11.6 Å². The average Bonchev–Trinajstić information content (AvgIpc) is 2.48. The van der Waals surface area contributed by atoms with Gasteiger partial charge in [0.25, 0.3) is 0 Å². The van der Waals surface area contributed by atoms with Crippen LogP contribution in [0.2, 0.25) is 0 Å². The van der Waals surface area contributed by atoms with Gasteiger partial charge in [-0.3, -0.25) is 0 Å². The molecule has 2 aromatic rings. The van der Waals surface area contributed by atoms with E-state index in [0.29, 0.717) is 17.9 Å². The number of hydrogen-bond acceptors (Lipinski definition) is 3. The highest BCUT2D eigenvalue weighted by molar-refractivity contribution is 5.40. The Morgan fingerprint density at radius 2 is 1.86 bits per heavy atom. The number of hydrogen-bond donors (Lipinski definition) is 1. The molecule has 0 aliphatic rings. The predicted molar refractivity (Wildman–Crippen MR) is 79.1 cm³/mol. The first kappa shape index (κ1) is 15.5. The van der Waals surface area contributed by atoms with Crippen LogP contribution in [-0.4, -0.2) is 18.8 Å². The summed E-state index contributed by atoms with van der Waals surface area (Å²) in [5.74, 6) is 0.108. The summed E-state index contributed by atoms with van der Waals surface area (Å²) in [4.78, 5) is 0. The van der Waals surface area contributed by atoms with Crippen LogP contribution in [0.5, 0.6) is 11.5 Å². The molecule has 1 N–H and O–H groups in total. The number of rotatable bonds is 6. The molecule has 0 spiro atoms. The van der Waals surface area contributed by atoms with E-state index in [9.17, 15) is 9.50 Å². The van der Waals surface area contributed by atoms with Gasteiger partial charge in [-0.25, -0.2) is 4.39 Å². The van der Waals surface area contributed by atoms with E-state index >= 15 is 0 Å². The third kappa shape index (κ3) is 4.03. The molecule has 0 radical (unpaired) electrons. The Labute approximate surface area is 124 Å². The normalized spacial score (nSPS) is 12.2. The van der Waals surface area contributed by atoms with Crippen molar-refractivity contribution in [3.63, 3.8) is 0 Å². The maximum absolute atomic E-state index is 13.9. The van der Waals surface area contributed by atoms with Crippen molar-refractivity contribution < 1.29 is 19.0 Å². The lowest BCUT2D eigenvalue weighted by molar-refractivity contribution is 0.194. The van der Waals surface area contributed by atoms with Gasteiger partial charge in [-0.1, -0.05) is 24.3 Å². The molecule has 21 heavy (non-hydrogen) atoms. The van der Waals surface area contributed by atoms with E-state index in [1.165, 1.54) is 6.07 Å². The largest absolute Gasteiger partial charge is 0.454 e. The summed E-state index contributed by atoms with van der Waals surface area (Å²) in [6.07, 6.45) is 0.0201. The van der Waals surface area contributed by atoms with Crippen LogP contribution < -0.4 is 4.74 Å². The second-order valence-electron chi connectivity index (χ2n) is 4.82. The highest BCUT2D eigenvalue weighted by Crippen LogP contribution is 2.32. The Hall–Kier alpha value is -1.91. The van der Waals surface area contributed by atoms with Crippen LogP contribution in [0.15, 0.2) is 42.5 Å². The van der Waals surface area contributed by atoms with Crippen LogP contribution in [-0.2, 0) is 11.2 Å². The quantitative estimate of drug-likeness (QED) is 0.878. The van der Waals surface area contributed by atoms with E-state index in [4.69, 9.17) is 9.47 Å². The van der Waals surface area contributed by atoms with Crippen LogP contribution in [0.3, 0.4) is 0 Å². The molecule has 0 aromatic heterocycles. The Morgan fingerprint density at radius 1 is 1.14 bits per heavy atom. The van der Waals surface area contributed by atoms with Crippen molar-refractivity contribution in [2.45, 2.75) is 19.4 Å². The van der Waals surface area contributed by atoms with Gasteiger partial charge in [0, 0.05) is 12.7 Å². The molecule has 2 aromatic carbocycles. The summed E-state index contributed by atoms with van der Waals surface area (Å²) < 4.78 is 24.5. The summed E-state index contributed by atoms with van der Waals surface area (Å²) in [7, 11) is 1.66. The predicted octanol–water partition coefficient (Wildman–Crippen LogP) is 3.86. The molecule has 4 heteroatoms. The topological polar surface area (TPSA) is 38.7 Å². The maximum Gasteiger partial charge on any atom is 0.168 e. The Morgan fingerprint density at radius 3 is 2.48 bits per heavy atom. The lowest BCUT2D eigenvalue weighted by atomic mass is 10.1. The first-order chi connectivity index (χ1) is 10.1. The minimum Gasteiger partial charge on any atom is -0.454 e. The fraction of sp³-hybridized carbons (Fsp3) is 0.294. The summed E-state index contributed by atoms with van der Waals surface area (Å²) >= 11 is 0. The molecular formula is C17H19FO3. The van der Waals surface area contributed by atoms with Crippen molar-refractivity contribution in [2.24, 2.45) is 0 Å². The van der Waals surface area contributed by atoms with Gasteiger partial charge in [0.1, 0.15) is 5.75 Å². The van der Waals surface area contributed by atoms with Crippen molar-refractivity contribution >= 4 is 0 Å². The van der Waals surface area contributed by atoms with Gasteiger partial charge < -0.3 is 14.6 Å². The van der Waals surface area contributed by atoms with Crippen molar-refractivity contribution in [1.82, 2.24) is 0 Å².